The second-order valence-electron chi connectivity index (χ2n) is 6.84. The van der Waals surface area contributed by atoms with Crippen molar-refractivity contribution in [2.75, 3.05) is 25.0 Å². The van der Waals surface area contributed by atoms with Crippen LogP contribution in [0.4, 0.5) is 10.1 Å². The van der Waals surface area contributed by atoms with Crippen molar-refractivity contribution in [1.82, 2.24) is 4.90 Å². The standard InChI is InChI=1S/C21H23FN2O3S/c1-14-11-24(12-15(2)27-14)21(28)16-3-9-19(10-4-16)26-13-20(25)23-18-7-5-17(22)6-8-18/h3-10,14-15H,11-13H2,1-2H3,(H,23,25)/t14-,15+. The maximum Gasteiger partial charge on any atom is 0.262 e. The molecule has 2 aromatic carbocycles. The first-order valence-corrected chi connectivity index (χ1v) is 9.54. The van der Waals surface area contributed by atoms with Crippen molar-refractivity contribution < 1.29 is 18.7 Å². The number of amides is 1. The average Bonchev–Trinajstić information content (AvgIpc) is 2.67. The minimum absolute atomic E-state index is 0.139. The summed E-state index contributed by atoms with van der Waals surface area (Å²) in [6.45, 7) is 5.48. The van der Waals surface area contributed by atoms with Crippen molar-refractivity contribution in [2.45, 2.75) is 26.1 Å². The maximum atomic E-state index is 12.9. The molecule has 1 saturated heterocycles. The van der Waals surface area contributed by atoms with E-state index in [9.17, 15) is 9.18 Å². The molecule has 148 valence electrons. The number of nitrogens with zero attached hydrogens (tertiary/aromatic N) is 1. The summed E-state index contributed by atoms with van der Waals surface area (Å²) in [5.41, 5.74) is 1.45. The van der Waals surface area contributed by atoms with Crippen molar-refractivity contribution in [2.24, 2.45) is 0 Å². The molecule has 5 nitrogen and oxygen atoms in total. The molecule has 1 aliphatic heterocycles. The van der Waals surface area contributed by atoms with Crippen LogP contribution in [0.2, 0.25) is 0 Å². The number of anilines is 1. The van der Waals surface area contributed by atoms with E-state index in [1.807, 2.05) is 26.0 Å². The molecular formula is C21H23FN2O3S. The summed E-state index contributed by atoms with van der Waals surface area (Å²) in [4.78, 5) is 14.9. The first-order chi connectivity index (χ1) is 13.4. The highest BCUT2D eigenvalue weighted by molar-refractivity contribution is 7.80. The van der Waals surface area contributed by atoms with Crippen molar-refractivity contribution in [3.8, 4) is 5.75 Å². The topological polar surface area (TPSA) is 50.8 Å². The van der Waals surface area contributed by atoms with Crippen LogP contribution in [0.5, 0.6) is 5.75 Å². The molecule has 1 fully saturated rings. The van der Waals surface area contributed by atoms with Gasteiger partial charge in [-0.25, -0.2) is 4.39 Å². The predicted octanol–water partition coefficient (Wildman–Crippen LogP) is 3.63. The lowest BCUT2D eigenvalue weighted by Crippen LogP contribution is -2.47. The Bertz CT molecular complexity index is 817. The summed E-state index contributed by atoms with van der Waals surface area (Å²) < 4.78 is 24.1. The highest BCUT2D eigenvalue weighted by Gasteiger charge is 2.24. The fourth-order valence-corrected chi connectivity index (χ4v) is 3.38. The van der Waals surface area contributed by atoms with Gasteiger partial charge in [0.1, 0.15) is 16.6 Å². The Kier molecular flexibility index (Phi) is 6.59. The van der Waals surface area contributed by atoms with Crippen molar-refractivity contribution >= 4 is 28.8 Å². The molecule has 0 bridgehead atoms. The number of hydrogen-bond donors (Lipinski definition) is 1. The lowest BCUT2D eigenvalue weighted by Gasteiger charge is -2.37. The van der Waals surface area contributed by atoms with E-state index in [4.69, 9.17) is 21.7 Å². The Morgan fingerprint density at radius 3 is 2.36 bits per heavy atom. The summed E-state index contributed by atoms with van der Waals surface area (Å²) in [7, 11) is 0. The summed E-state index contributed by atoms with van der Waals surface area (Å²) in [6.07, 6.45) is 0.285. The molecule has 28 heavy (non-hydrogen) atoms. The number of thiocarbonyl (C=S) groups is 1. The quantitative estimate of drug-likeness (QED) is 0.774. The zero-order chi connectivity index (χ0) is 20.1. The summed E-state index contributed by atoms with van der Waals surface area (Å²) in [5.74, 6) is -0.0970. The van der Waals surface area contributed by atoms with Crippen LogP contribution in [0.15, 0.2) is 48.5 Å². The molecule has 0 radical (unpaired) electrons. The number of benzene rings is 2. The van der Waals surface area contributed by atoms with Gasteiger partial charge in [-0.15, -0.1) is 0 Å². The first-order valence-electron chi connectivity index (χ1n) is 9.13. The Labute approximate surface area is 169 Å². The molecule has 1 N–H and O–H groups in total. The summed E-state index contributed by atoms with van der Waals surface area (Å²) >= 11 is 5.62. The van der Waals surface area contributed by atoms with Gasteiger partial charge < -0.3 is 19.7 Å². The number of nitrogens with one attached hydrogen (secondary N) is 1. The number of hydrogen-bond acceptors (Lipinski definition) is 4. The van der Waals surface area contributed by atoms with Crippen LogP contribution in [0.1, 0.15) is 19.4 Å². The van der Waals surface area contributed by atoms with Crippen molar-refractivity contribution in [1.29, 1.82) is 0 Å². The number of carbonyl (C=O) groups is 1. The molecule has 7 heteroatoms. The van der Waals surface area contributed by atoms with Gasteiger partial charge in [-0.05, 0) is 62.4 Å². The molecule has 0 saturated carbocycles. The van der Waals surface area contributed by atoms with E-state index >= 15 is 0 Å². The van der Waals surface area contributed by atoms with Gasteiger partial charge in [-0.1, -0.05) is 12.2 Å². The van der Waals surface area contributed by atoms with E-state index in [0.29, 0.717) is 11.4 Å². The van der Waals surface area contributed by atoms with Gasteiger partial charge in [-0.2, -0.15) is 0 Å². The Morgan fingerprint density at radius 1 is 1.14 bits per heavy atom. The third-order valence-corrected chi connectivity index (χ3v) is 4.80. The molecule has 2 atom stereocenters. The minimum Gasteiger partial charge on any atom is -0.484 e. The number of morpholine rings is 1. The van der Waals surface area contributed by atoms with Gasteiger partial charge in [0.25, 0.3) is 5.91 Å². The lowest BCUT2D eigenvalue weighted by atomic mass is 10.1. The van der Waals surface area contributed by atoms with Gasteiger partial charge in [0.05, 0.1) is 12.2 Å². The van der Waals surface area contributed by atoms with Crippen molar-refractivity contribution in [3.05, 3.63) is 59.9 Å². The molecule has 3 rings (SSSR count). The lowest BCUT2D eigenvalue weighted by molar-refractivity contribution is -0.118. The largest absolute Gasteiger partial charge is 0.484 e. The van der Waals surface area contributed by atoms with E-state index in [-0.39, 0.29) is 30.5 Å². The van der Waals surface area contributed by atoms with Gasteiger partial charge in [0.2, 0.25) is 0 Å². The molecule has 1 amide bonds. The van der Waals surface area contributed by atoms with Gasteiger partial charge in [0.15, 0.2) is 6.61 Å². The maximum absolute atomic E-state index is 12.9. The van der Waals surface area contributed by atoms with Crippen LogP contribution < -0.4 is 10.1 Å². The molecule has 0 aromatic heterocycles. The van der Waals surface area contributed by atoms with E-state index in [1.165, 1.54) is 24.3 Å². The second-order valence-corrected chi connectivity index (χ2v) is 7.22. The van der Waals surface area contributed by atoms with Crippen LogP contribution in [0.3, 0.4) is 0 Å². The van der Waals surface area contributed by atoms with Crippen LogP contribution in [0, 0.1) is 5.82 Å². The van der Waals surface area contributed by atoms with E-state index in [1.54, 1.807) is 12.1 Å². The van der Waals surface area contributed by atoms with Gasteiger partial charge in [-0.3, -0.25) is 4.79 Å². The minimum atomic E-state index is -0.353. The summed E-state index contributed by atoms with van der Waals surface area (Å²) in [6, 6.07) is 12.9. The third-order valence-electron chi connectivity index (χ3n) is 4.31. The van der Waals surface area contributed by atoms with Crippen LogP contribution in [-0.2, 0) is 9.53 Å². The van der Waals surface area contributed by atoms with Crippen LogP contribution >= 0.6 is 12.2 Å². The van der Waals surface area contributed by atoms with E-state index in [0.717, 1.165) is 23.6 Å². The molecule has 1 heterocycles. The van der Waals surface area contributed by atoms with Crippen LogP contribution in [-0.4, -0.2) is 47.7 Å². The molecule has 1 aliphatic rings. The molecule has 0 unspecified atom stereocenters. The number of rotatable bonds is 5. The number of carbonyl (C=O) groups excluding carboxylic acids is 1. The predicted molar refractivity (Wildman–Crippen MR) is 110 cm³/mol. The van der Waals surface area contributed by atoms with Crippen LogP contribution in [0.25, 0.3) is 0 Å². The van der Waals surface area contributed by atoms with E-state index in [2.05, 4.69) is 10.2 Å². The average molecular weight is 402 g/mol. The van der Waals surface area contributed by atoms with E-state index < -0.39 is 0 Å². The smallest absolute Gasteiger partial charge is 0.262 e. The molecule has 0 spiro atoms. The second kappa shape index (κ2) is 9.12. The Morgan fingerprint density at radius 2 is 1.75 bits per heavy atom. The fraction of sp³-hybridized carbons (Fsp3) is 0.333. The number of halogens is 1. The Hall–Kier alpha value is -2.51. The normalized spacial score (nSPS) is 19.2. The monoisotopic (exact) mass is 402 g/mol. The SMILES string of the molecule is C[C@@H]1CN(C(=S)c2ccc(OCC(=O)Nc3ccc(F)cc3)cc2)C[C@H](C)O1. The molecular weight excluding hydrogens is 379 g/mol. The number of ether oxygens (including phenoxy) is 2. The molecule has 0 aliphatic carbocycles. The van der Waals surface area contributed by atoms with Gasteiger partial charge >= 0.3 is 0 Å². The zero-order valence-corrected chi connectivity index (χ0v) is 16.7. The van der Waals surface area contributed by atoms with Gasteiger partial charge in [0, 0.05) is 24.3 Å². The molecule has 2 aromatic rings. The highest BCUT2D eigenvalue weighted by Crippen LogP contribution is 2.18. The first kappa shape index (κ1) is 20.2. The fourth-order valence-electron chi connectivity index (χ4n) is 3.10. The third kappa shape index (κ3) is 5.50. The summed E-state index contributed by atoms with van der Waals surface area (Å²) in [5, 5.41) is 2.65. The highest BCUT2D eigenvalue weighted by atomic mass is 32.1. The van der Waals surface area contributed by atoms with Crippen molar-refractivity contribution in [3.63, 3.8) is 0 Å². The Balaban J connectivity index is 1.52. The zero-order valence-electron chi connectivity index (χ0n) is 15.9.